The number of rotatable bonds is 2. The number of hydrogen-bond acceptors (Lipinski definition) is 1. The van der Waals surface area contributed by atoms with Crippen LogP contribution in [0.2, 0.25) is 0 Å². The lowest BCUT2D eigenvalue weighted by Gasteiger charge is -2.28. The zero-order chi connectivity index (χ0) is 7.40. The second-order valence-corrected chi connectivity index (χ2v) is 3.44. The van der Waals surface area contributed by atoms with Crippen LogP contribution in [0.5, 0.6) is 0 Å². The van der Waals surface area contributed by atoms with Crippen molar-refractivity contribution in [3.8, 4) is 0 Å². The fourth-order valence-corrected chi connectivity index (χ4v) is 1.65. The van der Waals surface area contributed by atoms with Gasteiger partial charge in [-0.05, 0) is 25.3 Å². The van der Waals surface area contributed by atoms with Gasteiger partial charge in [-0.3, -0.25) is 0 Å². The van der Waals surface area contributed by atoms with Crippen LogP contribution in [0.15, 0.2) is 0 Å². The molecule has 0 saturated carbocycles. The van der Waals surface area contributed by atoms with Crippen molar-refractivity contribution in [3.05, 3.63) is 0 Å². The van der Waals surface area contributed by atoms with Crippen LogP contribution >= 0.6 is 0 Å². The highest BCUT2D eigenvalue weighted by molar-refractivity contribution is 4.76. The standard InChI is InChI=1S/C9H19N/c1-3-8(2)9-6-4-5-7-10-9/h8-10H,3-7H2,1-2H3/t8-,9?/m0/s1. The normalized spacial score (nSPS) is 30.0. The van der Waals surface area contributed by atoms with E-state index in [0.717, 1.165) is 12.0 Å². The second-order valence-electron chi connectivity index (χ2n) is 3.44. The summed E-state index contributed by atoms with van der Waals surface area (Å²) in [6, 6.07) is 0.818. The first-order chi connectivity index (χ1) is 4.84. The quantitative estimate of drug-likeness (QED) is 0.621. The zero-order valence-corrected chi connectivity index (χ0v) is 7.19. The lowest BCUT2D eigenvalue weighted by molar-refractivity contribution is 0.304. The highest BCUT2D eigenvalue weighted by Gasteiger charge is 2.16. The Morgan fingerprint density at radius 2 is 2.30 bits per heavy atom. The Hall–Kier alpha value is -0.0400. The van der Waals surface area contributed by atoms with Gasteiger partial charge in [-0.25, -0.2) is 0 Å². The van der Waals surface area contributed by atoms with Crippen molar-refractivity contribution in [3.63, 3.8) is 0 Å². The summed E-state index contributed by atoms with van der Waals surface area (Å²) in [6.07, 6.45) is 5.53. The van der Waals surface area contributed by atoms with Crippen molar-refractivity contribution < 1.29 is 0 Å². The summed E-state index contributed by atoms with van der Waals surface area (Å²) < 4.78 is 0. The molecule has 0 aromatic carbocycles. The van der Waals surface area contributed by atoms with Crippen LogP contribution < -0.4 is 5.32 Å². The smallest absolute Gasteiger partial charge is 0.00925 e. The van der Waals surface area contributed by atoms with E-state index < -0.39 is 0 Å². The Morgan fingerprint density at radius 1 is 1.50 bits per heavy atom. The van der Waals surface area contributed by atoms with Gasteiger partial charge in [-0.1, -0.05) is 26.7 Å². The molecule has 0 bridgehead atoms. The van der Waals surface area contributed by atoms with E-state index in [1.54, 1.807) is 0 Å². The van der Waals surface area contributed by atoms with E-state index in [-0.39, 0.29) is 0 Å². The van der Waals surface area contributed by atoms with Gasteiger partial charge in [-0.15, -0.1) is 0 Å². The summed E-state index contributed by atoms with van der Waals surface area (Å²) in [7, 11) is 0. The SMILES string of the molecule is CC[C@H](C)C1CCCCN1. The Labute approximate surface area is 64.2 Å². The summed E-state index contributed by atoms with van der Waals surface area (Å²) in [4.78, 5) is 0. The summed E-state index contributed by atoms with van der Waals surface area (Å²) in [6.45, 7) is 5.87. The van der Waals surface area contributed by atoms with Crippen molar-refractivity contribution in [1.82, 2.24) is 5.32 Å². The molecule has 0 aromatic heterocycles. The minimum absolute atomic E-state index is 0.818. The van der Waals surface area contributed by atoms with Crippen LogP contribution in [0.25, 0.3) is 0 Å². The van der Waals surface area contributed by atoms with Gasteiger partial charge in [0.25, 0.3) is 0 Å². The van der Waals surface area contributed by atoms with Crippen molar-refractivity contribution in [2.45, 2.75) is 45.6 Å². The molecule has 0 aromatic rings. The molecule has 0 spiro atoms. The van der Waals surface area contributed by atoms with E-state index in [2.05, 4.69) is 19.2 Å². The maximum Gasteiger partial charge on any atom is 0.00925 e. The van der Waals surface area contributed by atoms with Gasteiger partial charge in [-0.2, -0.15) is 0 Å². The summed E-state index contributed by atoms with van der Waals surface area (Å²) in [5.41, 5.74) is 0. The molecule has 0 amide bonds. The lowest BCUT2D eigenvalue weighted by atomic mass is 9.92. The molecule has 1 saturated heterocycles. The van der Waals surface area contributed by atoms with Gasteiger partial charge in [0.1, 0.15) is 0 Å². The molecule has 1 aliphatic heterocycles. The predicted octanol–water partition coefficient (Wildman–Crippen LogP) is 2.17. The molecular weight excluding hydrogens is 122 g/mol. The van der Waals surface area contributed by atoms with Crippen molar-refractivity contribution in [2.75, 3.05) is 6.54 Å². The van der Waals surface area contributed by atoms with E-state index in [1.165, 1.54) is 32.2 Å². The number of nitrogens with one attached hydrogen (secondary N) is 1. The number of piperidine rings is 1. The van der Waals surface area contributed by atoms with Gasteiger partial charge in [0.2, 0.25) is 0 Å². The molecule has 1 fully saturated rings. The predicted molar refractivity (Wildman–Crippen MR) is 45.1 cm³/mol. The van der Waals surface area contributed by atoms with Gasteiger partial charge in [0.05, 0.1) is 0 Å². The van der Waals surface area contributed by atoms with Gasteiger partial charge in [0.15, 0.2) is 0 Å². The van der Waals surface area contributed by atoms with E-state index in [1.807, 2.05) is 0 Å². The topological polar surface area (TPSA) is 12.0 Å². The highest BCUT2D eigenvalue weighted by atomic mass is 14.9. The second kappa shape index (κ2) is 3.97. The maximum atomic E-state index is 3.57. The molecule has 1 heteroatoms. The molecule has 1 aliphatic rings. The lowest BCUT2D eigenvalue weighted by Crippen LogP contribution is -2.38. The Morgan fingerprint density at radius 3 is 2.80 bits per heavy atom. The van der Waals surface area contributed by atoms with E-state index in [0.29, 0.717) is 0 Å². The molecule has 0 radical (unpaired) electrons. The van der Waals surface area contributed by atoms with Crippen molar-refractivity contribution in [1.29, 1.82) is 0 Å². The van der Waals surface area contributed by atoms with Gasteiger partial charge >= 0.3 is 0 Å². The van der Waals surface area contributed by atoms with Crippen LogP contribution in [-0.4, -0.2) is 12.6 Å². The monoisotopic (exact) mass is 141 g/mol. The molecule has 2 atom stereocenters. The van der Waals surface area contributed by atoms with E-state index >= 15 is 0 Å². The van der Waals surface area contributed by atoms with Crippen LogP contribution in [0.1, 0.15) is 39.5 Å². The van der Waals surface area contributed by atoms with Crippen LogP contribution in [0, 0.1) is 5.92 Å². The molecule has 1 unspecified atom stereocenters. The van der Waals surface area contributed by atoms with Crippen molar-refractivity contribution in [2.24, 2.45) is 5.92 Å². The Kier molecular flexibility index (Phi) is 3.20. The van der Waals surface area contributed by atoms with E-state index in [4.69, 9.17) is 0 Å². The first-order valence-electron chi connectivity index (χ1n) is 4.58. The minimum atomic E-state index is 0.818. The highest BCUT2D eigenvalue weighted by Crippen LogP contribution is 2.16. The van der Waals surface area contributed by atoms with Crippen molar-refractivity contribution >= 4 is 0 Å². The zero-order valence-electron chi connectivity index (χ0n) is 7.19. The summed E-state index contributed by atoms with van der Waals surface area (Å²) in [5, 5.41) is 3.57. The fourth-order valence-electron chi connectivity index (χ4n) is 1.65. The summed E-state index contributed by atoms with van der Waals surface area (Å²) in [5.74, 6) is 0.875. The minimum Gasteiger partial charge on any atom is -0.314 e. The molecule has 0 aliphatic carbocycles. The number of hydrogen-bond donors (Lipinski definition) is 1. The maximum absolute atomic E-state index is 3.57. The Balaban J connectivity index is 2.24. The van der Waals surface area contributed by atoms with Gasteiger partial charge in [0, 0.05) is 6.04 Å². The molecule has 60 valence electrons. The van der Waals surface area contributed by atoms with Crippen LogP contribution in [-0.2, 0) is 0 Å². The first-order valence-corrected chi connectivity index (χ1v) is 4.58. The molecule has 10 heavy (non-hydrogen) atoms. The molecule has 1 N–H and O–H groups in total. The average molecular weight is 141 g/mol. The van der Waals surface area contributed by atoms with Gasteiger partial charge < -0.3 is 5.32 Å². The largest absolute Gasteiger partial charge is 0.314 e. The average Bonchev–Trinajstić information content (AvgIpc) is 2.05. The van der Waals surface area contributed by atoms with Crippen LogP contribution in [0.3, 0.4) is 0 Å². The first kappa shape index (κ1) is 8.06. The third-order valence-electron chi connectivity index (χ3n) is 2.68. The molecule has 1 rings (SSSR count). The molecular formula is C9H19N. The summed E-state index contributed by atoms with van der Waals surface area (Å²) >= 11 is 0. The Bertz CT molecular complexity index is 84.7. The van der Waals surface area contributed by atoms with Crippen LogP contribution in [0.4, 0.5) is 0 Å². The molecule has 1 heterocycles. The third kappa shape index (κ3) is 1.98. The fraction of sp³-hybridized carbons (Fsp3) is 1.00. The molecule has 1 nitrogen and oxygen atoms in total. The third-order valence-corrected chi connectivity index (χ3v) is 2.68. The van der Waals surface area contributed by atoms with E-state index in [9.17, 15) is 0 Å².